The molecule has 146 valence electrons. The van der Waals surface area contributed by atoms with Crippen LogP contribution in [0.1, 0.15) is 30.9 Å². The van der Waals surface area contributed by atoms with E-state index in [1.165, 1.54) is 0 Å². The maximum absolute atomic E-state index is 12.3. The van der Waals surface area contributed by atoms with E-state index in [9.17, 15) is 4.79 Å². The largest absolute Gasteiger partial charge is 0.373 e. The lowest BCUT2D eigenvalue weighted by molar-refractivity contribution is -0.121. The van der Waals surface area contributed by atoms with Crippen molar-refractivity contribution in [2.75, 3.05) is 19.6 Å². The van der Waals surface area contributed by atoms with Crippen molar-refractivity contribution in [1.82, 2.24) is 35.4 Å². The van der Waals surface area contributed by atoms with E-state index in [1.54, 1.807) is 10.9 Å². The second-order valence-electron chi connectivity index (χ2n) is 7.07. The fourth-order valence-electron chi connectivity index (χ4n) is 3.37. The second-order valence-corrected chi connectivity index (χ2v) is 7.07. The molecule has 1 aliphatic heterocycles. The number of hydrogen-bond donors (Lipinski definition) is 1. The van der Waals surface area contributed by atoms with E-state index in [0.717, 1.165) is 24.3 Å². The van der Waals surface area contributed by atoms with Gasteiger partial charge in [0.15, 0.2) is 5.82 Å². The molecule has 2 aromatic rings. The minimum absolute atomic E-state index is 0.110. The van der Waals surface area contributed by atoms with Gasteiger partial charge in [-0.1, -0.05) is 6.07 Å². The van der Waals surface area contributed by atoms with Crippen LogP contribution in [0, 0.1) is 6.92 Å². The van der Waals surface area contributed by atoms with Gasteiger partial charge in [-0.15, -0.1) is 5.10 Å². The molecular formula is C18H27N7O2. The Bertz CT molecular complexity index is 754. The Morgan fingerprint density at radius 2 is 2.11 bits per heavy atom. The number of ether oxygens (including phenoxy) is 1. The van der Waals surface area contributed by atoms with Crippen molar-refractivity contribution in [2.45, 2.75) is 52.5 Å². The van der Waals surface area contributed by atoms with Gasteiger partial charge in [0, 0.05) is 37.9 Å². The van der Waals surface area contributed by atoms with E-state index in [4.69, 9.17) is 4.74 Å². The third kappa shape index (κ3) is 5.54. The first kappa shape index (κ1) is 19.4. The molecule has 9 nitrogen and oxygen atoms in total. The van der Waals surface area contributed by atoms with Gasteiger partial charge in [0.25, 0.3) is 0 Å². The van der Waals surface area contributed by atoms with Crippen LogP contribution in [0.3, 0.4) is 0 Å². The van der Waals surface area contributed by atoms with Crippen molar-refractivity contribution in [3.63, 3.8) is 0 Å². The lowest BCUT2D eigenvalue weighted by atomic mass is 10.2. The molecule has 0 saturated carbocycles. The van der Waals surface area contributed by atoms with Gasteiger partial charge in [-0.2, -0.15) is 0 Å². The number of tetrazole rings is 1. The molecule has 0 aliphatic carbocycles. The molecule has 2 atom stereocenters. The predicted molar refractivity (Wildman–Crippen MR) is 98.8 cm³/mol. The number of pyridine rings is 1. The molecule has 1 saturated heterocycles. The summed E-state index contributed by atoms with van der Waals surface area (Å²) < 4.78 is 7.31. The molecule has 1 amide bonds. The van der Waals surface area contributed by atoms with Crippen molar-refractivity contribution >= 4 is 5.91 Å². The van der Waals surface area contributed by atoms with Crippen molar-refractivity contribution < 1.29 is 9.53 Å². The lowest BCUT2D eigenvalue weighted by Crippen LogP contribution is -2.45. The number of nitrogens with one attached hydrogen (secondary N) is 1. The number of carbonyl (C=O) groups is 1. The normalized spacial score (nSPS) is 20.6. The summed E-state index contributed by atoms with van der Waals surface area (Å²) in [5, 5.41) is 14.7. The van der Waals surface area contributed by atoms with Crippen LogP contribution in [0.5, 0.6) is 0 Å². The average Bonchev–Trinajstić information content (AvgIpc) is 3.02. The van der Waals surface area contributed by atoms with Crippen LogP contribution in [-0.2, 0) is 29.0 Å². The summed E-state index contributed by atoms with van der Waals surface area (Å²) >= 11 is 0. The van der Waals surface area contributed by atoms with E-state index in [0.29, 0.717) is 25.3 Å². The molecule has 27 heavy (non-hydrogen) atoms. The highest BCUT2D eigenvalue weighted by molar-refractivity contribution is 5.75. The number of aryl methyl sites for hydroxylation is 1. The minimum Gasteiger partial charge on any atom is -0.373 e. The quantitative estimate of drug-likeness (QED) is 0.747. The van der Waals surface area contributed by atoms with Gasteiger partial charge in [-0.3, -0.25) is 14.7 Å². The van der Waals surface area contributed by atoms with Gasteiger partial charge in [0.2, 0.25) is 5.91 Å². The number of carbonyl (C=O) groups excluding carboxylic acids is 1. The van der Waals surface area contributed by atoms with Crippen LogP contribution in [0.4, 0.5) is 0 Å². The number of aromatic nitrogens is 5. The Labute approximate surface area is 159 Å². The Morgan fingerprint density at radius 3 is 2.85 bits per heavy atom. The van der Waals surface area contributed by atoms with Gasteiger partial charge in [0.1, 0.15) is 6.54 Å². The second kappa shape index (κ2) is 9.01. The molecule has 1 fully saturated rings. The fourth-order valence-corrected chi connectivity index (χ4v) is 3.37. The highest BCUT2D eigenvalue weighted by Crippen LogP contribution is 2.12. The zero-order valence-electron chi connectivity index (χ0n) is 16.1. The monoisotopic (exact) mass is 373 g/mol. The number of nitrogens with zero attached hydrogens (tertiary/aromatic N) is 6. The first-order chi connectivity index (χ1) is 13.0. The SMILES string of the molecule is Cc1cccnc1CCNC(=O)Cn1nnnc1CN1C[C@@H](C)O[C@@H](C)C1. The van der Waals surface area contributed by atoms with Crippen molar-refractivity contribution in [3.8, 4) is 0 Å². The molecule has 3 rings (SSSR count). The molecule has 0 spiro atoms. The molecule has 3 heterocycles. The number of hydrogen-bond acceptors (Lipinski definition) is 7. The number of amides is 1. The fraction of sp³-hybridized carbons (Fsp3) is 0.611. The molecule has 0 aromatic carbocycles. The Hall–Kier alpha value is -2.39. The van der Waals surface area contributed by atoms with Gasteiger partial charge in [0.05, 0.1) is 18.8 Å². The molecule has 0 unspecified atom stereocenters. The Kier molecular flexibility index (Phi) is 6.46. The summed E-state index contributed by atoms with van der Waals surface area (Å²) in [6, 6.07) is 3.93. The van der Waals surface area contributed by atoms with Gasteiger partial charge in [-0.25, -0.2) is 4.68 Å². The van der Waals surface area contributed by atoms with Crippen LogP contribution in [-0.4, -0.2) is 67.8 Å². The molecule has 2 aromatic heterocycles. The zero-order valence-corrected chi connectivity index (χ0v) is 16.1. The molecule has 0 bridgehead atoms. The van der Waals surface area contributed by atoms with Crippen LogP contribution in [0.15, 0.2) is 18.3 Å². The topological polar surface area (TPSA) is 98.1 Å². The summed E-state index contributed by atoms with van der Waals surface area (Å²) in [7, 11) is 0. The van der Waals surface area contributed by atoms with Crippen LogP contribution in [0.25, 0.3) is 0 Å². The lowest BCUT2D eigenvalue weighted by Gasteiger charge is -2.34. The third-order valence-corrected chi connectivity index (χ3v) is 4.56. The van der Waals surface area contributed by atoms with Gasteiger partial charge in [-0.05, 0) is 42.8 Å². The standard InChI is InChI=1S/C18H27N7O2/c1-13-5-4-7-19-16(13)6-8-20-18(26)12-25-17(21-22-23-25)11-24-9-14(2)27-15(3)10-24/h4-5,7,14-15H,6,8-12H2,1-3H3,(H,20,26)/t14-,15+. The number of morpholine rings is 1. The van der Waals surface area contributed by atoms with Crippen LogP contribution < -0.4 is 5.32 Å². The van der Waals surface area contributed by atoms with Crippen LogP contribution >= 0.6 is 0 Å². The van der Waals surface area contributed by atoms with Gasteiger partial charge < -0.3 is 10.1 Å². The van der Waals surface area contributed by atoms with Crippen molar-refractivity contribution in [2.24, 2.45) is 0 Å². The molecule has 1 aliphatic rings. The maximum Gasteiger partial charge on any atom is 0.241 e. The predicted octanol–water partition coefficient (Wildman–Crippen LogP) is 0.345. The summed E-state index contributed by atoms with van der Waals surface area (Å²) in [5.41, 5.74) is 2.12. The smallest absolute Gasteiger partial charge is 0.241 e. The highest BCUT2D eigenvalue weighted by Gasteiger charge is 2.24. The molecule has 1 N–H and O–H groups in total. The first-order valence-electron chi connectivity index (χ1n) is 9.31. The van der Waals surface area contributed by atoms with Gasteiger partial charge >= 0.3 is 0 Å². The average molecular weight is 373 g/mol. The molecular weight excluding hydrogens is 346 g/mol. The van der Waals surface area contributed by atoms with E-state index < -0.39 is 0 Å². The van der Waals surface area contributed by atoms with E-state index in [-0.39, 0.29) is 24.7 Å². The Morgan fingerprint density at radius 1 is 1.33 bits per heavy atom. The first-order valence-corrected chi connectivity index (χ1v) is 9.31. The maximum atomic E-state index is 12.3. The third-order valence-electron chi connectivity index (χ3n) is 4.56. The van der Waals surface area contributed by atoms with Crippen molar-refractivity contribution in [1.29, 1.82) is 0 Å². The summed E-state index contributed by atoms with van der Waals surface area (Å²) in [6.45, 7) is 9.03. The van der Waals surface area contributed by atoms with Crippen LogP contribution in [0.2, 0.25) is 0 Å². The summed E-state index contributed by atoms with van der Waals surface area (Å²) in [6.07, 6.45) is 2.82. The molecule has 9 heteroatoms. The highest BCUT2D eigenvalue weighted by atomic mass is 16.5. The van der Waals surface area contributed by atoms with E-state index in [2.05, 4.69) is 44.6 Å². The number of rotatable bonds is 7. The Balaban J connectivity index is 1.49. The zero-order chi connectivity index (χ0) is 19.2. The summed E-state index contributed by atoms with van der Waals surface area (Å²) in [4.78, 5) is 18.8. The summed E-state index contributed by atoms with van der Waals surface area (Å²) in [5.74, 6) is 0.577. The molecule has 0 radical (unpaired) electrons. The van der Waals surface area contributed by atoms with E-state index in [1.807, 2.05) is 19.1 Å². The van der Waals surface area contributed by atoms with Crippen molar-refractivity contribution in [3.05, 3.63) is 35.4 Å². The van der Waals surface area contributed by atoms with E-state index >= 15 is 0 Å². The minimum atomic E-state index is -0.110.